The molecule has 0 amide bonds. The van der Waals surface area contributed by atoms with Gasteiger partial charge in [0.1, 0.15) is 11.4 Å². The highest BCUT2D eigenvalue weighted by Gasteiger charge is 2.10. The summed E-state index contributed by atoms with van der Waals surface area (Å²) >= 11 is 0. The van der Waals surface area contributed by atoms with Gasteiger partial charge >= 0.3 is 0 Å². The number of benzene rings is 2. The van der Waals surface area contributed by atoms with Crippen molar-refractivity contribution in [3.05, 3.63) is 58.0 Å². The van der Waals surface area contributed by atoms with Crippen molar-refractivity contribution in [2.45, 2.75) is 0 Å². The summed E-state index contributed by atoms with van der Waals surface area (Å²) in [4.78, 5) is 19.4. The summed E-state index contributed by atoms with van der Waals surface area (Å²) < 4.78 is 16.0. The first-order chi connectivity index (χ1) is 12.2. The molecule has 0 spiro atoms. The predicted octanol–water partition coefficient (Wildman–Crippen LogP) is 3.12. The number of H-pyrrole nitrogens is 1. The Kier molecular flexibility index (Phi) is 4.70. The van der Waals surface area contributed by atoms with Crippen molar-refractivity contribution in [2.75, 3.05) is 21.3 Å². The zero-order chi connectivity index (χ0) is 17.8. The van der Waals surface area contributed by atoms with E-state index in [0.29, 0.717) is 28.5 Å². The maximum Gasteiger partial charge on any atom is 0.274 e. The number of hydrogen-bond donors (Lipinski definition) is 1. The maximum absolute atomic E-state index is 12.2. The lowest BCUT2D eigenvalue weighted by Crippen LogP contribution is -2.11. The first kappa shape index (κ1) is 16.6. The molecule has 0 atom stereocenters. The van der Waals surface area contributed by atoms with Crippen LogP contribution in [0.15, 0.2) is 41.2 Å². The van der Waals surface area contributed by atoms with Crippen LogP contribution >= 0.6 is 0 Å². The molecule has 1 heterocycles. The number of aromatic amines is 1. The van der Waals surface area contributed by atoms with Gasteiger partial charge in [-0.25, -0.2) is 4.98 Å². The van der Waals surface area contributed by atoms with E-state index in [0.717, 1.165) is 11.1 Å². The molecule has 3 rings (SSSR count). The van der Waals surface area contributed by atoms with Crippen molar-refractivity contribution in [1.82, 2.24) is 9.97 Å². The van der Waals surface area contributed by atoms with Gasteiger partial charge in [0.25, 0.3) is 5.56 Å². The van der Waals surface area contributed by atoms with Gasteiger partial charge in [-0.2, -0.15) is 0 Å². The van der Waals surface area contributed by atoms with Gasteiger partial charge in [-0.3, -0.25) is 4.79 Å². The first-order valence-corrected chi connectivity index (χ1v) is 7.63. The molecule has 2 aromatic carbocycles. The van der Waals surface area contributed by atoms with Crippen molar-refractivity contribution in [1.29, 1.82) is 0 Å². The number of rotatable bonds is 5. The number of hydrogen-bond acceptors (Lipinski definition) is 5. The van der Waals surface area contributed by atoms with Crippen LogP contribution in [-0.2, 0) is 0 Å². The molecule has 0 aliphatic carbocycles. The summed E-state index contributed by atoms with van der Waals surface area (Å²) in [6, 6.07) is 10.9. The molecule has 0 fully saturated rings. The topological polar surface area (TPSA) is 73.4 Å². The van der Waals surface area contributed by atoms with Crippen LogP contribution < -0.4 is 19.8 Å². The van der Waals surface area contributed by atoms with Crippen LogP contribution in [0.5, 0.6) is 17.2 Å². The average molecular weight is 338 g/mol. The van der Waals surface area contributed by atoms with Gasteiger partial charge in [0.05, 0.1) is 32.4 Å². The number of fused-ring (bicyclic) bond motifs is 1. The summed E-state index contributed by atoms with van der Waals surface area (Å²) in [6.45, 7) is 0. The molecule has 6 nitrogen and oxygen atoms in total. The van der Waals surface area contributed by atoms with E-state index < -0.39 is 0 Å². The van der Waals surface area contributed by atoms with Crippen LogP contribution in [0, 0.1) is 0 Å². The molecule has 0 aliphatic rings. The van der Waals surface area contributed by atoms with Crippen LogP contribution in [0.25, 0.3) is 23.2 Å². The number of para-hydroxylation sites is 2. The van der Waals surface area contributed by atoms with Gasteiger partial charge < -0.3 is 19.2 Å². The molecule has 0 radical (unpaired) electrons. The number of aromatic nitrogens is 2. The lowest BCUT2D eigenvalue weighted by atomic mass is 10.1. The molecule has 1 aromatic heterocycles. The van der Waals surface area contributed by atoms with Gasteiger partial charge in [0, 0.05) is 11.6 Å². The van der Waals surface area contributed by atoms with E-state index >= 15 is 0 Å². The number of nitrogens with one attached hydrogen (secondary N) is 1. The number of methoxy groups -OCH3 is 3. The second-order valence-corrected chi connectivity index (χ2v) is 5.25. The Morgan fingerprint density at radius 2 is 1.60 bits per heavy atom. The smallest absolute Gasteiger partial charge is 0.274 e. The third-order valence-electron chi connectivity index (χ3n) is 3.78. The third-order valence-corrected chi connectivity index (χ3v) is 3.78. The number of ether oxygens (including phenoxy) is 3. The Bertz CT molecular complexity index is 992. The van der Waals surface area contributed by atoms with Crippen LogP contribution in [0.4, 0.5) is 0 Å². The fourth-order valence-electron chi connectivity index (χ4n) is 2.51. The van der Waals surface area contributed by atoms with E-state index in [2.05, 4.69) is 9.97 Å². The monoisotopic (exact) mass is 338 g/mol. The van der Waals surface area contributed by atoms with Crippen LogP contribution in [-0.4, -0.2) is 31.3 Å². The molecule has 0 bridgehead atoms. The van der Waals surface area contributed by atoms with Gasteiger partial charge in [0.2, 0.25) is 0 Å². The minimum atomic E-state index is -0.255. The van der Waals surface area contributed by atoms with E-state index in [1.54, 1.807) is 45.6 Å². The lowest BCUT2D eigenvalue weighted by molar-refractivity contribution is 0.348. The largest absolute Gasteiger partial charge is 0.496 e. The minimum absolute atomic E-state index is 0.255. The molecule has 0 saturated carbocycles. The van der Waals surface area contributed by atoms with Crippen LogP contribution in [0.2, 0.25) is 0 Å². The summed E-state index contributed by atoms with van der Waals surface area (Å²) in [5.41, 5.74) is 2.23. The van der Waals surface area contributed by atoms with Crippen molar-refractivity contribution >= 4 is 23.2 Å². The molecular formula is C19H18N2O4. The molecular weight excluding hydrogens is 320 g/mol. The molecule has 0 unspecified atom stereocenters. The van der Waals surface area contributed by atoms with Crippen molar-refractivity contribution in [3.63, 3.8) is 0 Å². The Morgan fingerprint density at radius 1 is 0.920 bits per heavy atom. The maximum atomic E-state index is 12.2. The highest BCUT2D eigenvalue weighted by Crippen LogP contribution is 2.35. The highest BCUT2D eigenvalue weighted by molar-refractivity contribution is 5.78. The minimum Gasteiger partial charge on any atom is -0.496 e. The summed E-state index contributed by atoms with van der Waals surface area (Å²) in [5, 5.41) is 0. The summed E-state index contributed by atoms with van der Waals surface area (Å²) in [6.07, 6.45) is 3.40. The summed E-state index contributed by atoms with van der Waals surface area (Å²) in [7, 11) is 4.69. The molecule has 25 heavy (non-hydrogen) atoms. The van der Waals surface area contributed by atoms with Crippen molar-refractivity contribution < 1.29 is 14.2 Å². The Morgan fingerprint density at radius 3 is 2.32 bits per heavy atom. The highest BCUT2D eigenvalue weighted by atomic mass is 16.5. The Hall–Kier alpha value is -3.28. The Labute approximate surface area is 144 Å². The molecule has 0 saturated heterocycles. The van der Waals surface area contributed by atoms with E-state index in [1.165, 1.54) is 0 Å². The average Bonchev–Trinajstić information content (AvgIpc) is 2.65. The third kappa shape index (κ3) is 3.33. The van der Waals surface area contributed by atoms with Crippen molar-refractivity contribution in [2.24, 2.45) is 0 Å². The zero-order valence-corrected chi connectivity index (χ0v) is 14.2. The van der Waals surface area contributed by atoms with Crippen LogP contribution in [0.1, 0.15) is 11.3 Å². The van der Waals surface area contributed by atoms with Gasteiger partial charge in [0.15, 0.2) is 11.5 Å². The lowest BCUT2D eigenvalue weighted by Gasteiger charge is -2.12. The van der Waals surface area contributed by atoms with Gasteiger partial charge in [-0.15, -0.1) is 0 Å². The second-order valence-electron chi connectivity index (χ2n) is 5.25. The van der Waals surface area contributed by atoms with E-state index in [9.17, 15) is 4.79 Å². The zero-order valence-electron chi connectivity index (χ0n) is 14.2. The quantitative estimate of drug-likeness (QED) is 0.774. The Balaban J connectivity index is 2.04. The van der Waals surface area contributed by atoms with E-state index in [-0.39, 0.29) is 5.56 Å². The molecule has 128 valence electrons. The fraction of sp³-hybridized carbons (Fsp3) is 0.158. The summed E-state index contributed by atoms with van der Waals surface area (Å²) in [5.74, 6) is 1.74. The van der Waals surface area contributed by atoms with Gasteiger partial charge in [-0.05, 0) is 30.4 Å². The molecule has 0 aliphatic heterocycles. The normalized spacial score (nSPS) is 11.0. The van der Waals surface area contributed by atoms with Crippen molar-refractivity contribution in [3.8, 4) is 17.2 Å². The molecule has 3 aromatic rings. The SMILES string of the molecule is COc1cc(OC)c(OC)cc1C=Cc1nc2ccccc2[nH]c1=O. The second kappa shape index (κ2) is 7.09. The predicted molar refractivity (Wildman–Crippen MR) is 97.4 cm³/mol. The first-order valence-electron chi connectivity index (χ1n) is 7.63. The van der Waals surface area contributed by atoms with Crippen LogP contribution in [0.3, 0.4) is 0 Å². The molecule has 1 N–H and O–H groups in total. The van der Waals surface area contributed by atoms with E-state index in [1.807, 2.05) is 24.3 Å². The number of nitrogens with zero attached hydrogens (tertiary/aromatic N) is 1. The van der Waals surface area contributed by atoms with Gasteiger partial charge in [-0.1, -0.05) is 12.1 Å². The standard InChI is InChI=1S/C19H18N2O4/c1-23-16-11-18(25-3)17(24-2)10-12(16)8-9-15-19(22)21-14-7-5-4-6-13(14)20-15/h4-11H,1-3H3,(H,21,22). The fourth-order valence-corrected chi connectivity index (χ4v) is 2.51. The molecule has 6 heteroatoms. The van der Waals surface area contributed by atoms with E-state index in [4.69, 9.17) is 14.2 Å².